The second kappa shape index (κ2) is 7.44. The number of amides is 2. The third-order valence-corrected chi connectivity index (χ3v) is 4.61. The lowest BCUT2D eigenvalue weighted by Gasteiger charge is -2.21. The first-order chi connectivity index (χ1) is 13.3. The van der Waals surface area contributed by atoms with E-state index in [1.54, 1.807) is 31.3 Å². The van der Waals surface area contributed by atoms with E-state index in [2.05, 4.69) is 0 Å². The van der Waals surface area contributed by atoms with E-state index in [0.29, 0.717) is 11.3 Å². The molecule has 8 nitrogen and oxygen atoms in total. The van der Waals surface area contributed by atoms with E-state index in [1.807, 2.05) is 6.07 Å². The van der Waals surface area contributed by atoms with Gasteiger partial charge in [0.25, 0.3) is 0 Å². The van der Waals surface area contributed by atoms with E-state index in [1.165, 1.54) is 15.9 Å². The summed E-state index contributed by atoms with van der Waals surface area (Å²) < 4.78 is 13.5. The van der Waals surface area contributed by atoms with E-state index in [9.17, 15) is 24.1 Å². The first-order valence-corrected chi connectivity index (χ1v) is 8.34. The smallest absolute Gasteiger partial charge is 0.306 e. The van der Waals surface area contributed by atoms with Crippen LogP contribution >= 0.6 is 0 Å². The highest BCUT2D eigenvalue weighted by molar-refractivity contribution is 6.04. The minimum absolute atomic E-state index is 0.0305. The first-order valence-electron chi connectivity index (χ1n) is 8.34. The van der Waals surface area contributed by atoms with Gasteiger partial charge in [-0.25, -0.2) is 0 Å². The second-order valence-electron chi connectivity index (χ2n) is 6.36. The molecule has 0 radical (unpaired) electrons. The second-order valence-corrected chi connectivity index (χ2v) is 6.36. The summed E-state index contributed by atoms with van der Waals surface area (Å²) >= 11 is 0. The van der Waals surface area contributed by atoms with Crippen molar-refractivity contribution in [2.75, 3.05) is 23.4 Å². The number of hydrogen-bond donors (Lipinski definition) is 0. The van der Waals surface area contributed by atoms with Crippen molar-refractivity contribution in [2.24, 2.45) is 5.92 Å². The Labute approximate surface area is 159 Å². The van der Waals surface area contributed by atoms with Crippen molar-refractivity contribution in [1.82, 2.24) is 0 Å². The van der Waals surface area contributed by atoms with Crippen LogP contribution < -0.4 is 9.80 Å². The van der Waals surface area contributed by atoms with Crippen molar-refractivity contribution in [3.63, 3.8) is 0 Å². The molecule has 0 bridgehead atoms. The molecule has 28 heavy (non-hydrogen) atoms. The van der Waals surface area contributed by atoms with Crippen molar-refractivity contribution >= 4 is 28.9 Å². The third-order valence-electron chi connectivity index (χ3n) is 4.61. The van der Waals surface area contributed by atoms with Crippen LogP contribution in [-0.2, 0) is 9.59 Å². The highest BCUT2D eigenvalue weighted by atomic mass is 19.1. The van der Waals surface area contributed by atoms with E-state index in [0.717, 1.165) is 12.1 Å². The average molecular weight is 382 g/mol. The molecule has 0 aliphatic carbocycles. The molecular formula is C19H15FN4O4. The Bertz CT molecular complexity index is 1020. The molecule has 2 aromatic rings. The fraction of sp³-hybridized carbons (Fsp3) is 0.211. The van der Waals surface area contributed by atoms with Crippen molar-refractivity contribution in [2.45, 2.75) is 6.42 Å². The molecule has 1 aliphatic rings. The van der Waals surface area contributed by atoms with E-state index in [-0.39, 0.29) is 30.5 Å². The van der Waals surface area contributed by atoms with Crippen molar-refractivity contribution < 1.29 is 18.9 Å². The fourth-order valence-corrected chi connectivity index (χ4v) is 3.12. The molecule has 1 aliphatic heterocycles. The highest BCUT2D eigenvalue weighted by Crippen LogP contribution is 2.31. The van der Waals surface area contributed by atoms with Crippen LogP contribution in [0.5, 0.6) is 0 Å². The Balaban J connectivity index is 1.80. The summed E-state index contributed by atoms with van der Waals surface area (Å²) in [6.07, 6.45) is -0.0632. The normalized spacial score (nSPS) is 16.0. The maximum atomic E-state index is 13.5. The predicted molar refractivity (Wildman–Crippen MR) is 98.1 cm³/mol. The van der Waals surface area contributed by atoms with Crippen LogP contribution in [-0.4, -0.2) is 30.3 Å². The van der Waals surface area contributed by atoms with Crippen molar-refractivity contribution in [1.29, 1.82) is 5.26 Å². The zero-order valence-corrected chi connectivity index (χ0v) is 14.8. The Hall–Kier alpha value is -3.80. The van der Waals surface area contributed by atoms with Gasteiger partial charge < -0.3 is 9.80 Å². The Morgan fingerprint density at radius 1 is 1.36 bits per heavy atom. The van der Waals surface area contributed by atoms with E-state index in [4.69, 9.17) is 5.26 Å². The number of anilines is 2. The van der Waals surface area contributed by atoms with Gasteiger partial charge in [-0.15, -0.1) is 0 Å². The van der Waals surface area contributed by atoms with Gasteiger partial charge >= 0.3 is 5.69 Å². The number of hydrogen-bond acceptors (Lipinski definition) is 5. The molecule has 1 saturated heterocycles. The molecular weight excluding hydrogens is 367 g/mol. The van der Waals surface area contributed by atoms with Gasteiger partial charge in [0.2, 0.25) is 17.6 Å². The number of rotatable bonds is 4. The number of carbonyl (C=O) groups is 2. The lowest BCUT2D eigenvalue weighted by molar-refractivity contribution is -0.387. The van der Waals surface area contributed by atoms with Crippen LogP contribution in [0.1, 0.15) is 12.0 Å². The summed E-state index contributed by atoms with van der Waals surface area (Å²) in [5.41, 5.74) is 0.361. The topological polar surface area (TPSA) is 108 Å². The summed E-state index contributed by atoms with van der Waals surface area (Å²) in [5.74, 6) is -2.35. The number of carbonyl (C=O) groups excluding carboxylic acids is 2. The quantitative estimate of drug-likeness (QED) is 0.597. The lowest BCUT2D eigenvalue weighted by atomic mass is 10.1. The van der Waals surface area contributed by atoms with E-state index >= 15 is 0 Å². The van der Waals surface area contributed by atoms with Gasteiger partial charge in [-0.05, 0) is 30.3 Å². The van der Waals surface area contributed by atoms with Crippen LogP contribution in [0.25, 0.3) is 0 Å². The third kappa shape index (κ3) is 3.53. The molecule has 1 heterocycles. The summed E-state index contributed by atoms with van der Waals surface area (Å²) in [6.45, 7) is 0.0305. The lowest BCUT2D eigenvalue weighted by Crippen LogP contribution is -2.34. The van der Waals surface area contributed by atoms with Gasteiger partial charge in [0, 0.05) is 31.8 Å². The largest absolute Gasteiger partial charge is 0.315 e. The molecule has 2 amide bonds. The van der Waals surface area contributed by atoms with Crippen LogP contribution in [0.15, 0.2) is 42.5 Å². The minimum Gasteiger partial charge on any atom is -0.315 e. The molecule has 142 valence electrons. The SMILES string of the molecule is CN(C(=O)C1CC(=O)N(c2ccc(F)c([N+](=O)[O-])c2)C1)c1cccc(C#N)c1. The van der Waals surface area contributed by atoms with Crippen molar-refractivity contribution in [3.05, 3.63) is 64.0 Å². The summed E-state index contributed by atoms with van der Waals surface area (Å²) in [5, 5.41) is 19.9. The number of halogens is 1. The van der Waals surface area contributed by atoms with Gasteiger partial charge in [0.05, 0.1) is 28.2 Å². The maximum Gasteiger partial charge on any atom is 0.306 e. The van der Waals surface area contributed by atoms with Crippen LogP contribution in [0.2, 0.25) is 0 Å². The molecule has 0 aromatic heterocycles. The number of nitrogens with zero attached hydrogens (tertiary/aromatic N) is 4. The number of nitro benzene ring substituents is 1. The number of nitro groups is 1. The molecule has 3 rings (SSSR count). The maximum absolute atomic E-state index is 13.5. The highest BCUT2D eigenvalue weighted by Gasteiger charge is 2.37. The fourth-order valence-electron chi connectivity index (χ4n) is 3.12. The Morgan fingerprint density at radius 2 is 2.11 bits per heavy atom. The summed E-state index contributed by atoms with van der Waals surface area (Å²) in [6, 6.07) is 11.7. The standard InChI is InChI=1S/C19H15FN4O4/c1-22(14-4-2-3-12(7-14)10-21)19(26)13-8-18(25)23(11-13)15-5-6-16(20)17(9-15)24(27)28/h2-7,9,13H,8,11H2,1H3. The zero-order valence-electron chi connectivity index (χ0n) is 14.8. The molecule has 9 heteroatoms. The van der Waals surface area contributed by atoms with Crippen LogP contribution in [0.3, 0.4) is 0 Å². The van der Waals surface area contributed by atoms with Crippen molar-refractivity contribution in [3.8, 4) is 6.07 Å². The molecule has 1 unspecified atom stereocenters. The summed E-state index contributed by atoms with van der Waals surface area (Å²) in [7, 11) is 1.55. The van der Waals surface area contributed by atoms with Crippen LogP contribution in [0, 0.1) is 33.2 Å². The Kier molecular flexibility index (Phi) is 5.04. The first kappa shape index (κ1) is 19.0. The average Bonchev–Trinajstić information content (AvgIpc) is 3.08. The monoisotopic (exact) mass is 382 g/mol. The molecule has 0 spiro atoms. The van der Waals surface area contributed by atoms with Crippen LogP contribution in [0.4, 0.5) is 21.5 Å². The molecule has 2 aromatic carbocycles. The van der Waals surface area contributed by atoms with Gasteiger partial charge in [-0.2, -0.15) is 9.65 Å². The van der Waals surface area contributed by atoms with Gasteiger partial charge in [-0.3, -0.25) is 19.7 Å². The van der Waals surface area contributed by atoms with Gasteiger partial charge in [0.15, 0.2) is 0 Å². The van der Waals surface area contributed by atoms with E-state index < -0.39 is 22.3 Å². The molecule has 1 fully saturated rings. The molecule has 1 atom stereocenters. The molecule has 0 saturated carbocycles. The summed E-state index contributed by atoms with van der Waals surface area (Å²) in [4.78, 5) is 37.8. The number of nitriles is 1. The molecule has 0 N–H and O–H groups in total. The predicted octanol–water partition coefficient (Wildman–Crippen LogP) is 2.62. The van der Waals surface area contributed by atoms with Gasteiger partial charge in [0.1, 0.15) is 0 Å². The Morgan fingerprint density at radius 3 is 2.79 bits per heavy atom. The minimum atomic E-state index is -0.995. The zero-order chi connectivity index (χ0) is 20.4. The number of benzene rings is 2. The van der Waals surface area contributed by atoms with Gasteiger partial charge in [-0.1, -0.05) is 6.07 Å².